The molecule has 0 bridgehead atoms. The molecule has 1 atom stereocenters. The van der Waals surface area contributed by atoms with Gasteiger partial charge >= 0.3 is 0 Å². The number of nitrogens with zero attached hydrogens (tertiary/aromatic N) is 1. The van der Waals surface area contributed by atoms with E-state index in [1.807, 2.05) is 18.2 Å². The van der Waals surface area contributed by atoms with Crippen LogP contribution in [0.5, 0.6) is 0 Å². The third-order valence-corrected chi connectivity index (χ3v) is 4.60. The van der Waals surface area contributed by atoms with Crippen molar-refractivity contribution in [3.63, 3.8) is 0 Å². The summed E-state index contributed by atoms with van der Waals surface area (Å²) >= 11 is 1.27. The Balaban J connectivity index is 1.65. The summed E-state index contributed by atoms with van der Waals surface area (Å²) < 4.78 is 4.87. The number of hydrogen-bond acceptors (Lipinski definition) is 5. The molecule has 2 aromatic rings. The van der Waals surface area contributed by atoms with Gasteiger partial charge < -0.3 is 15.2 Å². The molecule has 2 N–H and O–H groups in total. The molecule has 134 valence electrons. The van der Waals surface area contributed by atoms with Gasteiger partial charge in [-0.1, -0.05) is 42.4 Å². The quantitative estimate of drug-likeness (QED) is 0.717. The largest absolute Gasteiger partial charge is 0.360 e. The number of amides is 2. The van der Waals surface area contributed by atoms with Crippen LogP contribution in [0.3, 0.4) is 0 Å². The predicted octanol–water partition coefficient (Wildman–Crippen LogP) is 2.96. The van der Waals surface area contributed by atoms with Crippen LogP contribution in [0.2, 0.25) is 0 Å². The van der Waals surface area contributed by atoms with Crippen LogP contribution in [0, 0.1) is 6.92 Å². The minimum absolute atomic E-state index is 0.0653. The molecule has 0 saturated heterocycles. The molecular weight excluding hydrogens is 338 g/mol. The first-order valence-corrected chi connectivity index (χ1v) is 9.36. The van der Waals surface area contributed by atoms with E-state index in [-0.39, 0.29) is 23.3 Å². The second-order valence-corrected chi connectivity index (χ2v) is 6.67. The van der Waals surface area contributed by atoms with E-state index in [1.54, 1.807) is 13.0 Å². The van der Waals surface area contributed by atoms with E-state index >= 15 is 0 Å². The Hall–Kier alpha value is -2.28. The average Bonchev–Trinajstić information content (AvgIpc) is 3.01. The lowest BCUT2D eigenvalue weighted by Gasteiger charge is -2.16. The maximum absolute atomic E-state index is 11.9. The molecule has 2 rings (SSSR count). The maximum atomic E-state index is 11.9. The van der Waals surface area contributed by atoms with Crippen molar-refractivity contribution in [1.82, 2.24) is 10.5 Å². The van der Waals surface area contributed by atoms with Crippen molar-refractivity contribution in [2.24, 2.45) is 0 Å². The first kappa shape index (κ1) is 19.1. The molecule has 7 heteroatoms. The van der Waals surface area contributed by atoms with Gasteiger partial charge in [-0.25, -0.2) is 0 Å². The first-order chi connectivity index (χ1) is 12.1. The minimum Gasteiger partial charge on any atom is -0.360 e. The number of hydrogen-bond donors (Lipinski definition) is 2. The lowest BCUT2D eigenvalue weighted by Crippen LogP contribution is -2.30. The van der Waals surface area contributed by atoms with Crippen molar-refractivity contribution < 1.29 is 14.1 Å². The van der Waals surface area contributed by atoms with Crippen molar-refractivity contribution in [3.8, 4) is 0 Å². The number of anilines is 1. The number of carbonyl (C=O) groups excluding carboxylic acids is 2. The predicted molar refractivity (Wildman–Crippen MR) is 99.7 cm³/mol. The fourth-order valence-electron chi connectivity index (χ4n) is 2.35. The van der Waals surface area contributed by atoms with E-state index in [1.165, 1.54) is 17.3 Å². The van der Waals surface area contributed by atoms with Gasteiger partial charge in [0.2, 0.25) is 11.8 Å². The highest BCUT2D eigenvalue weighted by Crippen LogP contribution is 2.18. The zero-order valence-corrected chi connectivity index (χ0v) is 15.3. The van der Waals surface area contributed by atoms with E-state index in [4.69, 9.17) is 4.52 Å². The number of rotatable bonds is 9. The fourth-order valence-corrected chi connectivity index (χ4v) is 3.00. The number of carbonyl (C=O) groups is 2. The normalized spacial score (nSPS) is 11.8. The third-order valence-electron chi connectivity index (χ3n) is 3.67. The van der Waals surface area contributed by atoms with Gasteiger partial charge in [0.05, 0.1) is 11.5 Å². The van der Waals surface area contributed by atoms with Gasteiger partial charge in [-0.3, -0.25) is 9.59 Å². The second kappa shape index (κ2) is 9.88. The molecule has 0 saturated carbocycles. The summed E-state index contributed by atoms with van der Waals surface area (Å²) in [5, 5.41) is 9.25. The van der Waals surface area contributed by atoms with E-state index < -0.39 is 0 Å². The average molecular weight is 361 g/mol. The summed E-state index contributed by atoms with van der Waals surface area (Å²) in [5.74, 6) is 1.48. The molecule has 0 fully saturated rings. The van der Waals surface area contributed by atoms with Gasteiger partial charge in [-0.05, 0) is 18.9 Å². The smallest absolute Gasteiger partial charge is 0.235 e. The van der Waals surface area contributed by atoms with E-state index in [2.05, 4.69) is 34.8 Å². The Morgan fingerprint density at radius 1 is 1.20 bits per heavy atom. The molecular formula is C18H23N3O3S. The van der Waals surface area contributed by atoms with E-state index in [9.17, 15) is 9.59 Å². The molecule has 1 heterocycles. The fraction of sp³-hybridized carbons (Fsp3) is 0.389. The number of aryl methyl sites for hydroxylation is 1. The molecule has 1 aromatic heterocycles. The number of nitrogens with one attached hydrogen (secondary N) is 2. The molecule has 0 aliphatic rings. The van der Waals surface area contributed by atoms with Crippen LogP contribution in [-0.2, 0) is 9.59 Å². The standard InChI is InChI=1S/C18H23N3O3S/c1-3-14(15-7-5-4-6-8-15)10-19-17(22)11-25-12-18(23)20-16-9-13(2)24-21-16/h4-9,14H,3,10-12H2,1-2H3,(H,19,22)(H,20,21,23). The number of benzene rings is 1. The molecule has 0 radical (unpaired) electrons. The molecule has 0 aliphatic carbocycles. The highest BCUT2D eigenvalue weighted by molar-refractivity contribution is 8.00. The summed E-state index contributed by atoms with van der Waals surface area (Å²) in [5.41, 5.74) is 1.22. The maximum Gasteiger partial charge on any atom is 0.235 e. The SMILES string of the molecule is CCC(CNC(=O)CSCC(=O)Nc1cc(C)on1)c1ccccc1. The molecule has 25 heavy (non-hydrogen) atoms. The summed E-state index contributed by atoms with van der Waals surface area (Å²) in [6.07, 6.45) is 0.955. The molecule has 1 aromatic carbocycles. The second-order valence-electron chi connectivity index (χ2n) is 5.68. The van der Waals surface area contributed by atoms with Gasteiger partial charge in [0, 0.05) is 18.5 Å². The van der Waals surface area contributed by atoms with Gasteiger partial charge in [0.25, 0.3) is 0 Å². The zero-order chi connectivity index (χ0) is 18.1. The van der Waals surface area contributed by atoms with Crippen molar-refractivity contribution >= 4 is 29.4 Å². The van der Waals surface area contributed by atoms with Crippen LogP contribution in [0.25, 0.3) is 0 Å². The van der Waals surface area contributed by atoms with Crippen LogP contribution in [-0.4, -0.2) is 35.0 Å². The van der Waals surface area contributed by atoms with Gasteiger partial charge in [-0.2, -0.15) is 0 Å². The Bertz CT molecular complexity index is 688. The molecule has 6 nitrogen and oxygen atoms in total. The Labute approximate surface area is 151 Å². The third kappa shape index (κ3) is 6.62. The molecule has 0 aliphatic heterocycles. The van der Waals surface area contributed by atoms with Gasteiger partial charge in [-0.15, -0.1) is 11.8 Å². The van der Waals surface area contributed by atoms with Crippen LogP contribution in [0.15, 0.2) is 40.9 Å². The summed E-state index contributed by atoms with van der Waals surface area (Å²) in [7, 11) is 0. The molecule has 2 amide bonds. The van der Waals surface area contributed by atoms with Crippen LogP contribution >= 0.6 is 11.8 Å². The van der Waals surface area contributed by atoms with Gasteiger partial charge in [0.1, 0.15) is 5.76 Å². The summed E-state index contributed by atoms with van der Waals surface area (Å²) in [6, 6.07) is 11.8. The highest BCUT2D eigenvalue weighted by Gasteiger charge is 2.12. The van der Waals surface area contributed by atoms with E-state index in [0.29, 0.717) is 24.0 Å². The highest BCUT2D eigenvalue weighted by atomic mass is 32.2. The Morgan fingerprint density at radius 2 is 1.92 bits per heavy atom. The van der Waals surface area contributed by atoms with Crippen molar-refractivity contribution in [2.45, 2.75) is 26.2 Å². The Kier molecular flexibility index (Phi) is 7.53. The lowest BCUT2D eigenvalue weighted by molar-refractivity contribution is -0.118. The summed E-state index contributed by atoms with van der Waals surface area (Å²) in [4.78, 5) is 23.7. The number of thioether (sulfide) groups is 1. The van der Waals surface area contributed by atoms with E-state index in [0.717, 1.165) is 6.42 Å². The number of aromatic nitrogens is 1. The topological polar surface area (TPSA) is 84.2 Å². The summed E-state index contributed by atoms with van der Waals surface area (Å²) in [6.45, 7) is 4.46. The van der Waals surface area contributed by atoms with Crippen LogP contribution < -0.4 is 10.6 Å². The zero-order valence-electron chi connectivity index (χ0n) is 14.5. The molecule has 0 spiro atoms. The Morgan fingerprint density at radius 3 is 2.56 bits per heavy atom. The van der Waals surface area contributed by atoms with Crippen molar-refractivity contribution in [2.75, 3.05) is 23.4 Å². The van der Waals surface area contributed by atoms with Crippen LogP contribution in [0.4, 0.5) is 5.82 Å². The monoisotopic (exact) mass is 361 g/mol. The lowest BCUT2D eigenvalue weighted by atomic mass is 9.96. The van der Waals surface area contributed by atoms with Gasteiger partial charge in [0.15, 0.2) is 5.82 Å². The minimum atomic E-state index is -0.207. The first-order valence-electron chi connectivity index (χ1n) is 8.21. The van der Waals surface area contributed by atoms with Crippen molar-refractivity contribution in [1.29, 1.82) is 0 Å². The van der Waals surface area contributed by atoms with Crippen LogP contribution in [0.1, 0.15) is 30.6 Å². The van der Waals surface area contributed by atoms with Crippen molar-refractivity contribution in [3.05, 3.63) is 47.7 Å². The molecule has 1 unspecified atom stereocenters.